The molecular formula is C19H11F2N3O2S. The Bertz CT molecular complexity index is 1310. The Kier molecular flexibility index (Phi) is 4.33. The summed E-state index contributed by atoms with van der Waals surface area (Å²) >= 11 is 1.00. The van der Waals surface area contributed by atoms with Crippen LogP contribution in [0.25, 0.3) is 11.0 Å². The van der Waals surface area contributed by atoms with Crippen molar-refractivity contribution in [1.82, 2.24) is 14.6 Å². The molecule has 4 aromatic rings. The van der Waals surface area contributed by atoms with Gasteiger partial charge in [0.2, 0.25) is 4.96 Å². The van der Waals surface area contributed by atoms with Crippen LogP contribution in [0.5, 0.6) is 0 Å². The quantitative estimate of drug-likeness (QED) is 0.542. The molecule has 0 radical (unpaired) electrons. The lowest BCUT2D eigenvalue weighted by Crippen LogP contribution is -2.28. The van der Waals surface area contributed by atoms with Gasteiger partial charge < -0.3 is 0 Å². The van der Waals surface area contributed by atoms with Crippen molar-refractivity contribution >= 4 is 22.4 Å². The van der Waals surface area contributed by atoms with E-state index < -0.39 is 16.9 Å². The van der Waals surface area contributed by atoms with Crippen LogP contribution in [-0.2, 0) is 6.42 Å². The summed E-state index contributed by atoms with van der Waals surface area (Å²) in [5.74, 6) is -0.793. The summed E-state index contributed by atoms with van der Waals surface area (Å²) in [5.41, 5.74) is 0.307. The van der Waals surface area contributed by atoms with Gasteiger partial charge in [0.15, 0.2) is 0 Å². The van der Waals surface area contributed by atoms with E-state index in [4.69, 9.17) is 0 Å². The van der Waals surface area contributed by atoms with Gasteiger partial charge in [-0.3, -0.25) is 9.59 Å². The van der Waals surface area contributed by atoms with E-state index >= 15 is 0 Å². The van der Waals surface area contributed by atoms with Crippen LogP contribution in [0.3, 0.4) is 0 Å². The number of thiazole rings is 1. The molecule has 0 saturated heterocycles. The summed E-state index contributed by atoms with van der Waals surface area (Å²) in [6.07, 6.45) is 1.66. The molecular weight excluding hydrogens is 372 g/mol. The normalized spacial score (nSPS) is 12.0. The molecule has 0 aliphatic rings. The van der Waals surface area contributed by atoms with E-state index in [1.165, 1.54) is 30.3 Å². The second-order valence-electron chi connectivity index (χ2n) is 5.83. The number of rotatable bonds is 3. The van der Waals surface area contributed by atoms with Crippen LogP contribution in [0.2, 0.25) is 0 Å². The molecule has 0 amide bonds. The number of fused-ring (bicyclic) bond motifs is 1. The summed E-state index contributed by atoms with van der Waals surface area (Å²) in [4.78, 5) is 28.9. The molecule has 2 heterocycles. The van der Waals surface area contributed by atoms with Crippen molar-refractivity contribution in [3.05, 3.63) is 102 Å². The van der Waals surface area contributed by atoms with Crippen molar-refractivity contribution in [2.45, 2.75) is 6.42 Å². The van der Waals surface area contributed by atoms with Gasteiger partial charge in [-0.25, -0.2) is 8.78 Å². The number of hydrogen-bond acceptors (Lipinski definition) is 5. The van der Waals surface area contributed by atoms with Crippen molar-refractivity contribution in [1.29, 1.82) is 0 Å². The van der Waals surface area contributed by atoms with Crippen LogP contribution >= 0.6 is 11.3 Å². The van der Waals surface area contributed by atoms with Crippen LogP contribution in [0.4, 0.5) is 8.78 Å². The number of nitrogens with zero attached hydrogens (tertiary/aromatic N) is 3. The van der Waals surface area contributed by atoms with E-state index in [9.17, 15) is 18.4 Å². The molecule has 4 rings (SSSR count). The Balaban J connectivity index is 1.80. The highest BCUT2D eigenvalue weighted by atomic mass is 32.1. The molecule has 0 saturated carbocycles. The van der Waals surface area contributed by atoms with Gasteiger partial charge in [-0.05, 0) is 41.5 Å². The van der Waals surface area contributed by atoms with Gasteiger partial charge in [-0.15, -0.1) is 0 Å². The zero-order valence-electron chi connectivity index (χ0n) is 13.7. The first-order valence-electron chi connectivity index (χ1n) is 7.94. The minimum absolute atomic E-state index is 0.0892. The predicted octanol–water partition coefficient (Wildman–Crippen LogP) is 1.93. The SMILES string of the molecule is O=c1nc2s/c(=C\c3cccc(F)c3)c(=O)n2nc1Cc1ccc(F)cc1. The lowest BCUT2D eigenvalue weighted by atomic mass is 10.1. The van der Waals surface area contributed by atoms with Gasteiger partial charge in [0.25, 0.3) is 11.1 Å². The Hall–Kier alpha value is -3.26. The highest BCUT2D eigenvalue weighted by Crippen LogP contribution is 2.07. The van der Waals surface area contributed by atoms with E-state index in [0.717, 1.165) is 15.9 Å². The van der Waals surface area contributed by atoms with Gasteiger partial charge in [0.05, 0.1) is 4.53 Å². The zero-order chi connectivity index (χ0) is 19.0. The largest absolute Gasteiger partial charge is 0.296 e. The highest BCUT2D eigenvalue weighted by Gasteiger charge is 2.12. The van der Waals surface area contributed by atoms with E-state index in [-0.39, 0.29) is 22.9 Å². The second kappa shape index (κ2) is 6.81. The van der Waals surface area contributed by atoms with Crippen molar-refractivity contribution in [2.24, 2.45) is 0 Å². The monoisotopic (exact) mass is 383 g/mol. The minimum Gasteiger partial charge on any atom is -0.266 e. The fourth-order valence-electron chi connectivity index (χ4n) is 2.60. The maximum atomic E-state index is 13.3. The van der Waals surface area contributed by atoms with E-state index in [1.807, 2.05) is 0 Å². The fourth-order valence-corrected chi connectivity index (χ4v) is 3.50. The van der Waals surface area contributed by atoms with Gasteiger partial charge in [0.1, 0.15) is 17.3 Å². The average molecular weight is 383 g/mol. The van der Waals surface area contributed by atoms with Gasteiger partial charge in [-0.1, -0.05) is 35.6 Å². The Morgan fingerprint density at radius 3 is 2.56 bits per heavy atom. The number of halogens is 2. The molecule has 5 nitrogen and oxygen atoms in total. The fraction of sp³-hybridized carbons (Fsp3) is 0.0526. The van der Waals surface area contributed by atoms with Crippen LogP contribution in [-0.4, -0.2) is 14.6 Å². The number of benzene rings is 2. The standard InChI is InChI=1S/C19H11F2N3O2S/c20-13-6-4-11(5-7-13)9-15-17(25)22-19-24(23-15)18(26)16(27-19)10-12-2-1-3-14(21)8-12/h1-8,10H,9H2/b16-10-. The molecule has 0 aliphatic carbocycles. The van der Waals surface area contributed by atoms with Crippen LogP contribution in [0.15, 0.2) is 58.1 Å². The molecule has 0 spiro atoms. The second-order valence-corrected chi connectivity index (χ2v) is 6.84. The Labute approximate surface area is 154 Å². The topological polar surface area (TPSA) is 64.3 Å². The number of hydrogen-bond donors (Lipinski definition) is 0. The third-order valence-electron chi connectivity index (χ3n) is 3.88. The Morgan fingerprint density at radius 2 is 1.81 bits per heavy atom. The van der Waals surface area contributed by atoms with E-state index in [2.05, 4.69) is 10.1 Å². The molecule has 0 bridgehead atoms. The lowest BCUT2D eigenvalue weighted by Gasteiger charge is -2.00. The first kappa shape index (κ1) is 17.2. The molecule has 134 valence electrons. The molecule has 0 unspecified atom stereocenters. The maximum Gasteiger partial charge on any atom is 0.296 e. The summed E-state index contributed by atoms with van der Waals surface area (Å²) < 4.78 is 27.7. The molecule has 0 aliphatic heterocycles. The zero-order valence-corrected chi connectivity index (χ0v) is 14.5. The van der Waals surface area contributed by atoms with Gasteiger partial charge in [-0.2, -0.15) is 14.6 Å². The smallest absolute Gasteiger partial charge is 0.266 e. The van der Waals surface area contributed by atoms with Gasteiger partial charge >= 0.3 is 0 Å². The molecule has 0 atom stereocenters. The third-order valence-corrected chi connectivity index (χ3v) is 4.84. The lowest BCUT2D eigenvalue weighted by molar-refractivity contribution is 0.627. The molecule has 0 N–H and O–H groups in total. The first-order valence-corrected chi connectivity index (χ1v) is 8.76. The maximum absolute atomic E-state index is 13.3. The van der Waals surface area contributed by atoms with Crippen LogP contribution in [0.1, 0.15) is 16.8 Å². The first-order chi connectivity index (χ1) is 13.0. The molecule has 2 aromatic carbocycles. The van der Waals surface area contributed by atoms with Crippen LogP contribution < -0.4 is 15.7 Å². The molecule has 2 aromatic heterocycles. The third kappa shape index (κ3) is 3.52. The summed E-state index contributed by atoms with van der Waals surface area (Å²) in [5, 5.41) is 4.12. The molecule has 27 heavy (non-hydrogen) atoms. The highest BCUT2D eigenvalue weighted by molar-refractivity contribution is 7.15. The summed E-state index contributed by atoms with van der Waals surface area (Å²) in [6.45, 7) is 0. The molecule has 0 fully saturated rings. The van der Waals surface area contributed by atoms with Crippen LogP contribution in [0, 0.1) is 11.6 Å². The Morgan fingerprint density at radius 1 is 1.04 bits per heavy atom. The summed E-state index contributed by atoms with van der Waals surface area (Å²) in [6, 6.07) is 11.5. The van der Waals surface area contributed by atoms with Gasteiger partial charge in [0, 0.05) is 6.42 Å². The average Bonchev–Trinajstić information content (AvgIpc) is 2.92. The van der Waals surface area contributed by atoms with E-state index in [0.29, 0.717) is 15.7 Å². The summed E-state index contributed by atoms with van der Waals surface area (Å²) in [7, 11) is 0. The minimum atomic E-state index is -0.544. The molecule has 8 heteroatoms. The van der Waals surface area contributed by atoms with Crippen molar-refractivity contribution in [3.8, 4) is 0 Å². The predicted molar refractivity (Wildman–Crippen MR) is 97.8 cm³/mol. The van der Waals surface area contributed by atoms with E-state index in [1.54, 1.807) is 24.3 Å². The number of aromatic nitrogens is 3. The van der Waals surface area contributed by atoms with Crippen molar-refractivity contribution < 1.29 is 8.78 Å². The van der Waals surface area contributed by atoms with Crippen molar-refractivity contribution in [3.63, 3.8) is 0 Å². The van der Waals surface area contributed by atoms with Crippen molar-refractivity contribution in [2.75, 3.05) is 0 Å².